The molecule has 2 N–H and O–H groups in total. The van der Waals surface area contributed by atoms with Crippen molar-refractivity contribution in [3.63, 3.8) is 0 Å². The first-order chi connectivity index (χ1) is 16.8. The highest BCUT2D eigenvalue weighted by molar-refractivity contribution is 7.43. The Balaban J connectivity index is 1.96. The molecule has 3 unspecified atom stereocenters. The highest BCUT2D eigenvalue weighted by Gasteiger charge is 2.73. The van der Waals surface area contributed by atoms with Gasteiger partial charge in [-0.05, 0) is 53.2 Å². The molecular weight excluding hydrogens is 468 g/mol. The lowest BCUT2D eigenvalue weighted by atomic mass is 9.78. The summed E-state index contributed by atoms with van der Waals surface area (Å²) in [7, 11) is -1.92. The van der Waals surface area contributed by atoms with E-state index in [9.17, 15) is 24.0 Å². The number of hydrogen-bond donors (Lipinski definition) is 2. The summed E-state index contributed by atoms with van der Waals surface area (Å²) in [6, 6.07) is 19.3. The van der Waals surface area contributed by atoms with Crippen LogP contribution < -0.4 is 0 Å². The zero-order valence-corrected chi connectivity index (χ0v) is 19.9. The van der Waals surface area contributed by atoms with E-state index in [2.05, 4.69) is 16.8 Å². The Kier molecular flexibility index (Phi) is 7.09. The monoisotopic (exact) mass is 492 g/mol. The number of carbonyl (C=O) groups is 1. The summed E-state index contributed by atoms with van der Waals surface area (Å²) < 4.78 is 32.0. The van der Waals surface area contributed by atoms with Gasteiger partial charge in [0.1, 0.15) is 5.82 Å². The molecule has 1 aliphatic carbocycles. The van der Waals surface area contributed by atoms with Gasteiger partial charge >= 0.3 is 19.2 Å². The van der Waals surface area contributed by atoms with Crippen LogP contribution in [0.25, 0.3) is 11.3 Å². The quantitative estimate of drug-likeness (QED) is 0.342. The van der Waals surface area contributed by atoms with Crippen molar-refractivity contribution in [2.75, 3.05) is 7.11 Å². The molecule has 0 radical (unpaired) electrons. The maximum atomic E-state index is 13.6. The number of aliphatic hydroxyl groups is 1. The SMILES string of the molecule is CO[P+](=O)C(C#CC1CC1)(C(=O)O)C(O)(Cc1ccc(F)cc1)c1cccc(-c2ccccc2)n1. The Hall–Kier alpha value is -3.43. The van der Waals surface area contributed by atoms with E-state index in [0.717, 1.165) is 25.5 Å². The Morgan fingerprint density at radius 2 is 1.80 bits per heavy atom. The van der Waals surface area contributed by atoms with Crippen molar-refractivity contribution in [3.8, 4) is 23.1 Å². The molecule has 0 bridgehead atoms. The van der Waals surface area contributed by atoms with E-state index in [1.807, 2.05) is 30.3 Å². The lowest BCUT2D eigenvalue weighted by Gasteiger charge is -2.33. The molecule has 0 saturated heterocycles. The predicted molar refractivity (Wildman–Crippen MR) is 129 cm³/mol. The Morgan fingerprint density at radius 3 is 2.40 bits per heavy atom. The second-order valence-corrected chi connectivity index (χ2v) is 9.99. The highest BCUT2D eigenvalue weighted by Crippen LogP contribution is 2.53. The fraction of sp³-hybridized carbons (Fsp3) is 0.259. The molecule has 1 aliphatic rings. The summed E-state index contributed by atoms with van der Waals surface area (Å²) in [6.07, 6.45) is 1.25. The van der Waals surface area contributed by atoms with Crippen molar-refractivity contribution in [1.29, 1.82) is 0 Å². The van der Waals surface area contributed by atoms with Crippen molar-refractivity contribution in [1.82, 2.24) is 4.98 Å². The number of rotatable bonds is 8. The second-order valence-electron chi connectivity index (χ2n) is 8.44. The molecular formula is C27H24FNO5P+. The largest absolute Gasteiger partial charge is 0.543 e. The van der Waals surface area contributed by atoms with Crippen molar-refractivity contribution in [3.05, 3.63) is 89.9 Å². The Bertz CT molecular complexity index is 1300. The summed E-state index contributed by atoms with van der Waals surface area (Å²) in [5.74, 6) is 3.41. The standard InChI is InChI=1S/C27H23FNO5P/c1-34-35(33)27(25(30)31,17-16-19-10-11-19)26(32,18-20-12-14-22(28)15-13-20)24-9-5-8-23(29-24)21-6-3-2-4-7-21/h2-9,12-15,19,32H,10-11,18H2,1H3/p+1. The highest BCUT2D eigenvalue weighted by atomic mass is 31.1. The van der Waals surface area contributed by atoms with Gasteiger partial charge in [-0.15, -0.1) is 4.52 Å². The van der Waals surface area contributed by atoms with E-state index in [4.69, 9.17) is 4.52 Å². The van der Waals surface area contributed by atoms with E-state index in [0.29, 0.717) is 11.3 Å². The van der Waals surface area contributed by atoms with E-state index in [1.165, 1.54) is 30.3 Å². The van der Waals surface area contributed by atoms with Gasteiger partial charge in [-0.2, -0.15) is 0 Å². The van der Waals surface area contributed by atoms with Gasteiger partial charge in [0.05, 0.1) is 18.5 Å². The van der Waals surface area contributed by atoms with Crippen LogP contribution in [0.4, 0.5) is 4.39 Å². The minimum Gasteiger partial charge on any atom is -0.477 e. The van der Waals surface area contributed by atoms with E-state index in [-0.39, 0.29) is 18.0 Å². The van der Waals surface area contributed by atoms with Gasteiger partial charge in [-0.25, -0.2) is 14.2 Å². The van der Waals surface area contributed by atoms with Crippen LogP contribution in [-0.2, 0) is 25.9 Å². The number of benzene rings is 2. The molecule has 1 aromatic heterocycles. The molecule has 35 heavy (non-hydrogen) atoms. The van der Waals surface area contributed by atoms with E-state index >= 15 is 0 Å². The zero-order chi connectivity index (χ0) is 25.1. The second kappa shape index (κ2) is 10.1. The number of halogens is 1. The van der Waals surface area contributed by atoms with Crippen molar-refractivity contribution >= 4 is 14.0 Å². The van der Waals surface area contributed by atoms with Crippen molar-refractivity contribution < 1.29 is 28.5 Å². The van der Waals surface area contributed by atoms with Gasteiger partial charge in [0.25, 0.3) is 0 Å². The number of carboxylic acids is 1. The topological polar surface area (TPSA) is 96.7 Å². The van der Waals surface area contributed by atoms with E-state index in [1.54, 1.807) is 12.1 Å². The number of hydrogen-bond acceptors (Lipinski definition) is 5. The van der Waals surface area contributed by atoms with Crippen LogP contribution in [0.5, 0.6) is 0 Å². The molecule has 0 spiro atoms. The van der Waals surface area contributed by atoms with Gasteiger partial charge in [0.2, 0.25) is 0 Å². The molecule has 178 valence electrons. The third kappa shape index (κ3) is 4.87. The molecule has 1 heterocycles. The minimum atomic E-state index is -3.03. The molecule has 1 fully saturated rings. The zero-order valence-electron chi connectivity index (χ0n) is 19.0. The number of aliphatic carboxylic acids is 1. The van der Waals surface area contributed by atoms with Gasteiger partial charge in [0.15, 0.2) is 5.60 Å². The van der Waals surface area contributed by atoms with Gasteiger partial charge in [-0.3, -0.25) is 0 Å². The van der Waals surface area contributed by atoms with Crippen LogP contribution in [0.15, 0.2) is 72.8 Å². The third-order valence-electron chi connectivity index (χ3n) is 6.00. The van der Waals surface area contributed by atoms with Gasteiger partial charge in [-0.1, -0.05) is 54.5 Å². The van der Waals surface area contributed by atoms with Gasteiger partial charge < -0.3 is 10.2 Å². The predicted octanol–water partition coefficient (Wildman–Crippen LogP) is 4.94. The first-order valence-corrected chi connectivity index (χ1v) is 12.3. The molecule has 3 aromatic rings. The van der Waals surface area contributed by atoms with Crippen LogP contribution in [0.3, 0.4) is 0 Å². The average molecular weight is 492 g/mol. The Morgan fingerprint density at radius 1 is 1.11 bits per heavy atom. The molecule has 6 nitrogen and oxygen atoms in total. The third-order valence-corrected chi connectivity index (χ3v) is 7.55. The maximum absolute atomic E-state index is 13.6. The van der Waals surface area contributed by atoms with Crippen molar-refractivity contribution in [2.45, 2.75) is 30.0 Å². The summed E-state index contributed by atoms with van der Waals surface area (Å²) >= 11 is 0. The number of aromatic nitrogens is 1. The van der Waals surface area contributed by atoms with Crippen LogP contribution >= 0.6 is 8.03 Å². The minimum absolute atomic E-state index is 0.0314. The van der Waals surface area contributed by atoms with E-state index < -0.39 is 30.6 Å². The fourth-order valence-electron chi connectivity index (χ4n) is 3.92. The lowest BCUT2D eigenvalue weighted by Crippen LogP contribution is -2.56. The van der Waals surface area contributed by atoms with Crippen LogP contribution in [0.2, 0.25) is 0 Å². The molecule has 1 saturated carbocycles. The fourth-order valence-corrected chi connectivity index (χ4v) is 5.00. The van der Waals surface area contributed by atoms with Gasteiger partial charge in [0, 0.05) is 17.9 Å². The van der Waals surface area contributed by atoms with Crippen molar-refractivity contribution in [2.24, 2.45) is 5.92 Å². The van der Waals surface area contributed by atoms with Crippen LogP contribution in [-0.4, -0.2) is 33.4 Å². The molecule has 2 aromatic carbocycles. The molecule has 4 rings (SSSR count). The molecule has 8 heteroatoms. The molecule has 0 aliphatic heterocycles. The Labute approximate surface area is 203 Å². The average Bonchev–Trinajstić information content (AvgIpc) is 3.70. The van der Waals surface area contributed by atoms with Crippen LogP contribution in [0, 0.1) is 23.6 Å². The first-order valence-electron chi connectivity index (χ1n) is 11.1. The van der Waals surface area contributed by atoms with Crippen LogP contribution in [0.1, 0.15) is 24.1 Å². The summed E-state index contributed by atoms with van der Waals surface area (Å²) in [5, 5.41) is 20.2. The number of pyridine rings is 1. The summed E-state index contributed by atoms with van der Waals surface area (Å²) in [6.45, 7) is 0. The summed E-state index contributed by atoms with van der Waals surface area (Å²) in [4.78, 5) is 17.5. The normalized spacial score (nSPS) is 16.8. The molecule has 3 atom stereocenters. The number of nitrogens with zero attached hydrogens (tertiary/aromatic N) is 1. The first kappa shape index (κ1) is 24.7. The lowest BCUT2D eigenvalue weighted by molar-refractivity contribution is -0.146. The number of carboxylic acid groups (broad SMARTS) is 1. The maximum Gasteiger partial charge on any atom is 0.543 e. The molecule has 0 amide bonds. The smallest absolute Gasteiger partial charge is 0.477 e. The summed E-state index contributed by atoms with van der Waals surface area (Å²) in [5.41, 5.74) is -0.759.